The molecular formula is C22H24N2O2S. The molecule has 5 heteroatoms. The van der Waals surface area contributed by atoms with Crippen molar-refractivity contribution in [3.63, 3.8) is 0 Å². The van der Waals surface area contributed by atoms with Gasteiger partial charge in [-0.1, -0.05) is 55.4 Å². The van der Waals surface area contributed by atoms with Gasteiger partial charge in [-0.25, -0.2) is 0 Å². The molecule has 1 aromatic heterocycles. The van der Waals surface area contributed by atoms with Crippen molar-refractivity contribution in [1.29, 1.82) is 0 Å². The molecule has 2 atom stereocenters. The Labute approximate surface area is 164 Å². The molecule has 1 heterocycles. The second-order valence-corrected chi connectivity index (χ2v) is 7.76. The maximum Gasteiger partial charge on any atom is 0.104 e. The van der Waals surface area contributed by atoms with E-state index in [4.69, 9.17) is 18.0 Å². The molecule has 4 N–H and O–H groups in total. The molecule has 27 heavy (non-hydrogen) atoms. The quantitative estimate of drug-likeness (QED) is 0.600. The first-order valence-electron chi connectivity index (χ1n) is 9.41. The van der Waals surface area contributed by atoms with Crippen molar-refractivity contribution in [3.8, 4) is 11.1 Å². The molecule has 2 unspecified atom stereocenters. The fourth-order valence-electron chi connectivity index (χ4n) is 4.16. The molecule has 0 spiro atoms. The smallest absolute Gasteiger partial charge is 0.104 e. The van der Waals surface area contributed by atoms with Crippen LogP contribution in [-0.2, 0) is 6.61 Å². The van der Waals surface area contributed by atoms with Crippen molar-refractivity contribution >= 4 is 28.1 Å². The van der Waals surface area contributed by atoms with E-state index in [1.807, 2.05) is 30.3 Å². The van der Waals surface area contributed by atoms with Gasteiger partial charge in [0.05, 0.1) is 18.8 Å². The number of aliphatic hydroxyl groups is 2. The Hall–Kier alpha value is -2.21. The van der Waals surface area contributed by atoms with Gasteiger partial charge in [0, 0.05) is 28.2 Å². The van der Waals surface area contributed by atoms with Gasteiger partial charge in [0.25, 0.3) is 0 Å². The number of nitrogens with zero attached hydrogens (tertiary/aromatic N) is 1. The largest absolute Gasteiger partial charge is 0.392 e. The van der Waals surface area contributed by atoms with Crippen LogP contribution < -0.4 is 5.73 Å². The molecule has 0 aliphatic heterocycles. The van der Waals surface area contributed by atoms with Crippen molar-refractivity contribution in [2.45, 2.75) is 44.4 Å². The van der Waals surface area contributed by atoms with E-state index in [2.05, 4.69) is 22.9 Å². The molecule has 0 bridgehead atoms. The number of rotatable bonds is 4. The molecule has 140 valence electrons. The van der Waals surface area contributed by atoms with Gasteiger partial charge in [-0.2, -0.15) is 0 Å². The molecule has 2 aromatic carbocycles. The predicted octanol–water partition coefficient (Wildman–Crippen LogP) is 3.91. The van der Waals surface area contributed by atoms with Gasteiger partial charge >= 0.3 is 0 Å². The van der Waals surface area contributed by atoms with Gasteiger partial charge in [-0.05, 0) is 36.1 Å². The lowest BCUT2D eigenvalue weighted by Gasteiger charge is -2.29. The van der Waals surface area contributed by atoms with Crippen LogP contribution in [0.1, 0.15) is 42.9 Å². The summed E-state index contributed by atoms with van der Waals surface area (Å²) in [6.07, 6.45) is 5.76. The van der Waals surface area contributed by atoms with E-state index in [1.54, 1.807) is 0 Å². The standard InChI is InChI=1S/C22H24N2O2S/c23-22(27)16-5-3-4-15(11-16)18-12-24(19-6-1-2-7-21(19)26)20-10-14(13-25)8-9-17(18)20/h3-5,8-12,19,21,25-26H,1-2,6-7,13H2,(H2,23,27). The van der Waals surface area contributed by atoms with E-state index >= 15 is 0 Å². The lowest BCUT2D eigenvalue weighted by Crippen LogP contribution is -2.27. The Balaban J connectivity index is 1.91. The highest BCUT2D eigenvalue weighted by Crippen LogP contribution is 2.38. The van der Waals surface area contributed by atoms with Gasteiger partial charge in [0.1, 0.15) is 4.99 Å². The molecular weight excluding hydrogens is 356 g/mol. The SMILES string of the molecule is NC(=S)c1cccc(-c2cn(C3CCCCC3O)c3cc(CO)ccc23)c1. The number of hydrogen-bond donors (Lipinski definition) is 3. The van der Waals surface area contributed by atoms with Crippen LogP contribution in [0.15, 0.2) is 48.7 Å². The van der Waals surface area contributed by atoms with Crippen LogP contribution in [0.25, 0.3) is 22.0 Å². The molecule has 1 aliphatic carbocycles. The first-order chi connectivity index (χ1) is 13.1. The third-order valence-corrected chi connectivity index (χ3v) is 5.83. The molecule has 3 aromatic rings. The van der Waals surface area contributed by atoms with Crippen LogP contribution in [-0.4, -0.2) is 25.9 Å². The van der Waals surface area contributed by atoms with E-state index in [0.29, 0.717) is 4.99 Å². The Bertz CT molecular complexity index is 995. The highest BCUT2D eigenvalue weighted by molar-refractivity contribution is 7.80. The number of nitrogens with two attached hydrogens (primary N) is 1. The first kappa shape index (κ1) is 18.2. The summed E-state index contributed by atoms with van der Waals surface area (Å²) in [5.74, 6) is 0. The minimum Gasteiger partial charge on any atom is -0.392 e. The summed E-state index contributed by atoms with van der Waals surface area (Å²) in [7, 11) is 0. The summed E-state index contributed by atoms with van der Waals surface area (Å²) in [6.45, 7) is 0.000598. The fraction of sp³-hybridized carbons (Fsp3) is 0.318. The number of benzene rings is 2. The van der Waals surface area contributed by atoms with Crippen molar-refractivity contribution in [3.05, 3.63) is 59.8 Å². The minimum absolute atomic E-state index is 0.000598. The molecule has 0 amide bonds. The normalized spacial score (nSPS) is 20.1. The van der Waals surface area contributed by atoms with Gasteiger partial charge < -0.3 is 20.5 Å². The summed E-state index contributed by atoms with van der Waals surface area (Å²) < 4.78 is 2.20. The van der Waals surface area contributed by atoms with E-state index in [-0.39, 0.29) is 18.8 Å². The average Bonchev–Trinajstić information content (AvgIpc) is 3.07. The van der Waals surface area contributed by atoms with E-state index in [1.165, 1.54) is 0 Å². The highest BCUT2D eigenvalue weighted by atomic mass is 32.1. The Morgan fingerprint density at radius 2 is 1.96 bits per heavy atom. The summed E-state index contributed by atoms with van der Waals surface area (Å²) in [5.41, 5.74) is 10.7. The maximum absolute atomic E-state index is 10.6. The lowest BCUT2D eigenvalue weighted by atomic mass is 9.92. The molecule has 0 radical (unpaired) electrons. The number of fused-ring (bicyclic) bond motifs is 1. The average molecular weight is 381 g/mol. The zero-order valence-electron chi connectivity index (χ0n) is 15.1. The van der Waals surface area contributed by atoms with Crippen LogP contribution in [0.3, 0.4) is 0 Å². The predicted molar refractivity (Wildman–Crippen MR) is 113 cm³/mol. The molecule has 4 rings (SSSR count). The highest BCUT2D eigenvalue weighted by Gasteiger charge is 2.26. The van der Waals surface area contributed by atoms with Crippen molar-refractivity contribution < 1.29 is 10.2 Å². The van der Waals surface area contributed by atoms with Crippen molar-refractivity contribution in [2.75, 3.05) is 0 Å². The zero-order valence-corrected chi connectivity index (χ0v) is 16.0. The van der Waals surface area contributed by atoms with Gasteiger partial charge in [0.2, 0.25) is 0 Å². The van der Waals surface area contributed by atoms with Crippen molar-refractivity contribution in [1.82, 2.24) is 4.57 Å². The Morgan fingerprint density at radius 1 is 1.15 bits per heavy atom. The zero-order chi connectivity index (χ0) is 19.0. The van der Waals surface area contributed by atoms with E-state index in [9.17, 15) is 10.2 Å². The van der Waals surface area contributed by atoms with Crippen LogP contribution in [0.4, 0.5) is 0 Å². The summed E-state index contributed by atoms with van der Waals surface area (Å²) in [4.78, 5) is 0.380. The van der Waals surface area contributed by atoms with Gasteiger partial charge in [-0.15, -0.1) is 0 Å². The lowest BCUT2D eigenvalue weighted by molar-refractivity contribution is 0.0776. The van der Waals surface area contributed by atoms with Crippen LogP contribution in [0.2, 0.25) is 0 Å². The second-order valence-electron chi connectivity index (χ2n) is 7.32. The minimum atomic E-state index is -0.345. The molecule has 4 nitrogen and oxygen atoms in total. The number of aliphatic hydroxyl groups excluding tert-OH is 2. The van der Waals surface area contributed by atoms with Crippen LogP contribution in [0, 0.1) is 0 Å². The second kappa shape index (κ2) is 7.43. The van der Waals surface area contributed by atoms with Gasteiger partial charge in [-0.3, -0.25) is 0 Å². The van der Waals surface area contributed by atoms with Crippen molar-refractivity contribution in [2.24, 2.45) is 5.73 Å². The Kier molecular flexibility index (Phi) is 5.00. The van der Waals surface area contributed by atoms with Crippen LogP contribution in [0.5, 0.6) is 0 Å². The molecule has 0 saturated heterocycles. The van der Waals surface area contributed by atoms with E-state index < -0.39 is 0 Å². The molecule has 1 fully saturated rings. The number of hydrogen-bond acceptors (Lipinski definition) is 3. The van der Waals surface area contributed by atoms with Gasteiger partial charge in [0.15, 0.2) is 0 Å². The topological polar surface area (TPSA) is 71.4 Å². The number of thiocarbonyl (C=S) groups is 1. The van der Waals surface area contributed by atoms with Crippen LogP contribution >= 0.6 is 12.2 Å². The summed E-state index contributed by atoms with van der Waals surface area (Å²) in [5, 5.41) is 21.3. The van der Waals surface area contributed by atoms with E-state index in [0.717, 1.165) is 58.8 Å². The third kappa shape index (κ3) is 3.38. The summed E-state index contributed by atoms with van der Waals surface area (Å²) >= 11 is 5.14. The maximum atomic E-state index is 10.6. The molecule has 1 saturated carbocycles. The monoisotopic (exact) mass is 380 g/mol. The summed E-state index contributed by atoms with van der Waals surface area (Å²) in [6, 6.07) is 14.0. The number of aromatic nitrogens is 1. The first-order valence-corrected chi connectivity index (χ1v) is 9.82. The third-order valence-electron chi connectivity index (χ3n) is 5.59. The Morgan fingerprint density at radius 3 is 2.70 bits per heavy atom. The fourth-order valence-corrected chi connectivity index (χ4v) is 4.28. The molecule has 1 aliphatic rings.